The number of aryl methyl sites for hydroxylation is 1. The van der Waals surface area contributed by atoms with Crippen molar-refractivity contribution >= 4 is 39.3 Å². The molecule has 0 bridgehead atoms. The highest BCUT2D eigenvalue weighted by Gasteiger charge is 2.38. The van der Waals surface area contributed by atoms with Crippen molar-refractivity contribution in [3.05, 3.63) is 40.0 Å². The van der Waals surface area contributed by atoms with Crippen molar-refractivity contribution in [1.29, 1.82) is 0 Å². The summed E-state index contributed by atoms with van der Waals surface area (Å²) in [5, 5.41) is 1.10. The lowest BCUT2D eigenvalue weighted by molar-refractivity contribution is -0.143. The molecule has 3 aliphatic heterocycles. The number of likely N-dealkylation sites (tertiary alicyclic amines) is 2. The molecule has 0 aliphatic carbocycles. The van der Waals surface area contributed by atoms with E-state index in [0.717, 1.165) is 54.3 Å². The number of amides is 2. The normalized spacial score (nSPS) is 25.2. The lowest BCUT2D eigenvalue weighted by Gasteiger charge is -2.37. The topological polar surface area (TPSA) is 93.3 Å². The Labute approximate surface area is 236 Å². The first-order chi connectivity index (χ1) is 18.6. The van der Waals surface area contributed by atoms with E-state index in [4.69, 9.17) is 0 Å². The largest absolute Gasteiger partial charge is 0.336 e. The summed E-state index contributed by atoms with van der Waals surface area (Å²) in [7, 11) is -1.70. The minimum absolute atomic E-state index is 0.0326. The van der Waals surface area contributed by atoms with Gasteiger partial charge in [0.15, 0.2) is 0 Å². The molecule has 0 unspecified atom stereocenters. The molecule has 1 aromatic heterocycles. The number of likely N-dealkylation sites (N-methyl/N-ethyl adjacent to an activating group) is 1. The van der Waals surface area contributed by atoms with Gasteiger partial charge in [-0.15, -0.1) is 11.3 Å². The van der Waals surface area contributed by atoms with Crippen molar-refractivity contribution in [3.8, 4) is 11.8 Å². The quantitative estimate of drug-likeness (QED) is 0.475. The lowest BCUT2D eigenvalue weighted by atomic mass is 10.1. The van der Waals surface area contributed by atoms with Crippen molar-refractivity contribution in [2.45, 2.75) is 38.3 Å². The van der Waals surface area contributed by atoms with E-state index in [-0.39, 0.29) is 30.3 Å². The fraction of sp³-hybridized carbons (Fsp3) is 0.571. The minimum Gasteiger partial charge on any atom is -0.336 e. The summed E-state index contributed by atoms with van der Waals surface area (Å²) in [6.45, 7) is 11.3. The van der Waals surface area contributed by atoms with Crippen molar-refractivity contribution in [2.75, 3.05) is 59.4 Å². The molecule has 11 heteroatoms. The van der Waals surface area contributed by atoms with Crippen LogP contribution in [0.5, 0.6) is 0 Å². The maximum atomic E-state index is 13.5. The van der Waals surface area contributed by atoms with Crippen LogP contribution >= 0.6 is 11.3 Å². The third-order valence-electron chi connectivity index (χ3n) is 7.53. The number of hydrogen-bond acceptors (Lipinski definition) is 7. The van der Waals surface area contributed by atoms with Crippen LogP contribution in [-0.4, -0.2) is 111 Å². The van der Waals surface area contributed by atoms with Gasteiger partial charge in [0.25, 0.3) is 0 Å². The van der Waals surface area contributed by atoms with Crippen molar-refractivity contribution < 1.29 is 18.0 Å². The smallest absolute Gasteiger partial charge is 0.242 e. The van der Waals surface area contributed by atoms with Gasteiger partial charge in [-0.1, -0.05) is 18.4 Å². The molecular weight excluding hydrogens is 534 g/mol. The molecule has 3 aliphatic rings. The zero-order valence-corrected chi connectivity index (χ0v) is 24.5. The molecule has 0 radical (unpaired) electrons. The van der Waals surface area contributed by atoms with Crippen molar-refractivity contribution in [2.24, 2.45) is 5.92 Å². The molecule has 0 saturated carbocycles. The van der Waals surface area contributed by atoms with Crippen LogP contribution in [0.4, 0.5) is 0 Å². The Morgan fingerprint density at radius 3 is 2.69 bits per heavy atom. The number of carbonyl (C=O) groups excluding carboxylic acids is 2. The molecule has 3 fully saturated rings. The van der Waals surface area contributed by atoms with Crippen molar-refractivity contribution in [1.82, 2.24) is 24.3 Å². The number of nitrogens with zero attached hydrogens (tertiary/aromatic N) is 4. The number of allylic oxidation sites excluding steroid dienone is 1. The first kappa shape index (κ1) is 29.5. The predicted octanol–water partition coefficient (Wildman–Crippen LogP) is 1.59. The van der Waals surface area contributed by atoms with Crippen LogP contribution in [0.2, 0.25) is 0 Å². The third kappa shape index (κ3) is 8.25. The van der Waals surface area contributed by atoms with Crippen LogP contribution in [0, 0.1) is 24.7 Å². The van der Waals surface area contributed by atoms with Crippen molar-refractivity contribution in [3.63, 3.8) is 0 Å². The summed E-state index contributed by atoms with van der Waals surface area (Å²) >= 11 is 1.49. The maximum Gasteiger partial charge on any atom is 0.242 e. The van der Waals surface area contributed by atoms with Gasteiger partial charge < -0.3 is 14.7 Å². The standard InChI is InChI=1S/C28H39N5O4S2/c1-4-5-7-23-18-24(20-31-15-13-30(3)14-16-31)33(19-23)27(34)21-32-12-6-8-26(28(32)35)29-39(36,37)17-11-25-10-9-22(2)38-25/h4,9-11,17,23-24,26,29H,1,6,8,12-16,18-21H2,2-3H3/b17-11+/t23-,24+,26+/m1/s1. The van der Waals surface area contributed by atoms with Crippen LogP contribution < -0.4 is 4.72 Å². The molecule has 0 spiro atoms. The number of carbonyl (C=O) groups is 2. The fourth-order valence-corrected chi connectivity index (χ4v) is 7.29. The number of nitrogens with one attached hydrogen (secondary N) is 1. The van der Waals surface area contributed by atoms with Crippen LogP contribution in [0.1, 0.15) is 29.0 Å². The van der Waals surface area contributed by atoms with E-state index in [9.17, 15) is 18.0 Å². The minimum atomic E-state index is -3.81. The number of hydrogen-bond donors (Lipinski definition) is 1. The number of piperidine rings is 1. The Morgan fingerprint density at radius 2 is 2.00 bits per heavy atom. The third-order valence-corrected chi connectivity index (χ3v) is 9.60. The Kier molecular flexibility index (Phi) is 10.0. The first-order valence-corrected chi connectivity index (χ1v) is 15.9. The average Bonchev–Trinajstić information content (AvgIpc) is 3.51. The van der Waals surface area contributed by atoms with Gasteiger partial charge in [0, 0.05) is 72.9 Å². The molecule has 212 valence electrons. The number of sulfonamides is 1. The molecule has 3 atom stereocenters. The van der Waals surface area contributed by atoms with Gasteiger partial charge in [-0.2, -0.15) is 4.72 Å². The molecule has 9 nitrogen and oxygen atoms in total. The van der Waals surface area contributed by atoms with Gasteiger partial charge in [0.1, 0.15) is 6.04 Å². The van der Waals surface area contributed by atoms with Gasteiger partial charge in [-0.25, -0.2) is 8.42 Å². The Hall–Kier alpha value is -2.49. The summed E-state index contributed by atoms with van der Waals surface area (Å²) in [4.78, 5) is 36.8. The molecule has 3 saturated heterocycles. The fourth-order valence-electron chi connectivity index (χ4n) is 5.40. The van der Waals surface area contributed by atoms with E-state index in [2.05, 4.69) is 40.0 Å². The van der Waals surface area contributed by atoms with Crippen LogP contribution in [0.3, 0.4) is 0 Å². The van der Waals surface area contributed by atoms with Crippen LogP contribution in [-0.2, 0) is 19.6 Å². The zero-order chi connectivity index (χ0) is 28.0. The molecular formula is C28H39N5O4S2. The van der Waals surface area contributed by atoms with E-state index in [1.165, 1.54) is 22.3 Å². The molecule has 4 heterocycles. The summed E-state index contributed by atoms with van der Waals surface area (Å²) < 4.78 is 27.9. The molecule has 39 heavy (non-hydrogen) atoms. The van der Waals surface area contributed by atoms with Gasteiger partial charge in [0.2, 0.25) is 21.8 Å². The zero-order valence-electron chi connectivity index (χ0n) is 22.8. The highest BCUT2D eigenvalue weighted by atomic mass is 32.2. The summed E-state index contributed by atoms with van der Waals surface area (Å²) in [6, 6.07) is 2.94. The summed E-state index contributed by atoms with van der Waals surface area (Å²) in [5.41, 5.74) is 0. The summed E-state index contributed by atoms with van der Waals surface area (Å²) in [6.07, 6.45) is 4.94. The van der Waals surface area contributed by atoms with E-state index in [1.807, 2.05) is 24.0 Å². The SMILES string of the molecule is C=CC#C[C@@H]1C[C@@H](CN2CCN(C)CC2)N(C(=O)CN2CCC[C@H](NS(=O)(=O)/C=C/c3ccc(C)s3)C2=O)C1. The number of piperazine rings is 1. The van der Waals surface area contributed by atoms with Gasteiger partial charge in [0.05, 0.1) is 6.54 Å². The lowest BCUT2D eigenvalue weighted by Crippen LogP contribution is -2.55. The van der Waals surface area contributed by atoms with E-state index >= 15 is 0 Å². The van der Waals surface area contributed by atoms with E-state index in [0.29, 0.717) is 25.9 Å². The van der Waals surface area contributed by atoms with Gasteiger partial charge in [-0.05, 0) is 57.5 Å². The molecule has 1 aromatic rings. The van der Waals surface area contributed by atoms with Gasteiger partial charge in [-0.3, -0.25) is 14.5 Å². The Balaban J connectivity index is 1.38. The predicted molar refractivity (Wildman–Crippen MR) is 155 cm³/mol. The molecule has 2 amide bonds. The highest BCUT2D eigenvalue weighted by molar-refractivity contribution is 7.92. The average molecular weight is 574 g/mol. The second-order valence-electron chi connectivity index (χ2n) is 10.6. The Morgan fingerprint density at radius 1 is 1.23 bits per heavy atom. The number of thiophene rings is 1. The highest BCUT2D eigenvalue weighted by Crippen LogP contribution is 2.25. The maximum absolute atomic E-state index is 13.5. The second kappa shape index (κ2) is 13.2. The van der Waals surface area contributed by atoms with Crippen LogP contribution in [0.25, 0.3) is 6.08 Å². The monoisotopic (exact) mass is 573 g/mol. The van der Waals surface area contributed by atoms with Gasteiger partial charge >= 0.3 is 0 Å². The molecule has 1 N–H and O–H groups in total. The van der Waals surface area contributed by atoms with Crippen LogP contribution in [0.15, 0.2) is 30.2 Å². The Bertz CT molecular complexity index is 1240. The number of rotatable bonds is 8. The second-order valence-corrected chi connectivity index (χ2v) is 13.5. The molecule has 0 aromatic carbocycles. The van der Waals surface area contributed by atoms with E-state index < -0.39 is 16.1 Å². The first-order valence-electron chi connectivity index (χ1n) is 13.5. The molecule has 4 rings (SSSR count). The van der Waals surface area contributed by atoms with E-state index in [1.54, 1.807) is 6.08 Å². The summed E-state index contributed by atoms with van der Waals surface area (Å²) in [5.74, 6) is 5.76.